The van der Waals surface area contributed by atoms with Crippen molar-refractivity contribution in [3.05, 3.63) is 76.6 Å². The highest BCUT2D eigenvalue weighted by Crippen LogP contribution is 2.17. The molecule has 0 aliphatic rings. The third kappa shape index (κ3) is 4.43. The van der Waals surface area contributed by atoms with E-state index in [-0.39, 0.29) is 11.9 Å². The van der Waals surface area contributed by atoms with E-state index in [0.717, 1.165) is 22.0 Å². The second-order valence-electron chi connectivity index (χ2n) is 7.14. The number of nitrogens with zero attached hydrogens (tertiary/aromatic N) is 2. The van der Waals surface area contributed by atoms with E-state index in [4.69, 9.17) is 16.7 Å². The molecule has 1 aromatic heterocycles. The second-order valence-corrected chi connectivity index (χ2v) is 7.58. The van der Waals surface area contributed by atoms with Gasteiger partial charge in [0.15, 0.2) is 6.04 Å². The molecule has 3 aromatic rings. The van der Waals surface area contributed by atoms with Gasteiger partial charge in [0.2, 0.25) is 0 Å². The summed E-state index contributed by atoms with van der Waals surface area (Å²) in [6.07, 6.45) is 0. The van der Waals surface area contributed by atoms with Gasteiger partial charge in [0.05, 0.1) is 29.7 Å². The number of aromatic nitrogens is 2. The molecular weight excluding hydrogens is 372 g/mol. The minimum Gasteiger partial charge on any atom is -0.324 e. The predicted molar refractivity (Wildman–Crippen MR) is 113 cm³/mol. The van der Waals surface area contributed by atoms with Gasteiger partial charge in [0.1, 0.15) is 6.54 Å². The van der Waals surface area contributed by atoms with Crippen molar-refractivity contribution in [3.8, 4) is 5.69 Å². The number of aryl methyl sites for hydroxylation is 1. The lowest BCUT2D eigenvalue weighted by Gasteiger charge is -2.21. The number of amides is 1. The van der Waals surface area contributed by atoms with E-state index in [0.29, 0.717) is 17.3 Å². The van der Waals surface area contributed by atoms with Gasteiger partial charge in [0.25, 0.3) is 5.91 Å². The molecule has 6 heteroatoms. The maximum absolute atomic E-state index is 12.7. The number of hydrogen-bond acceptors (Lipinski definition) is 2. The lowest BCUT2D eigenvalue weighted by atomic mass is 10.1. The van der Waals surface area contributed by atoms with E-state index in [1.165, 1.54) is 5.56 Å². The number of nitrogens with one attached hydrogen (secondary N) is 2. The lowest BCUT2D eigenvalue weighted by molar-refractivity contribution is -0.907. The van der Waals surface area contributed by atoms with Crippen molar-refractivity contribution in [1.29, 1.82) is 0 Å². The van der Waals surface area contributed by atoms with Crippen molar-refractivity contribution < 1.29 is 9.69 Å². The van der Waals surface area contributed by atoms with Gasteiger partial charge in [-0.05, 0) is 51.1 Å². The fourth-order valence-electron chi connectivity index (χ4n) is 3.22. The zero-order valence-corrected chi connectivity index (χ0v) is 17.4. The maximum Gasteiger partial charge on any atom is 0.282 e. The van der Waals surface area contributed by atoms with Crippen LogP contribution in [0.15, 0.2) is 54.6 Å². The average Bonchev–Trinajstić information content (AvgIpc) is 2.96. The SMILES string of the molecule is Cc1nn(-c2ccccc2)c(C)c1C[NH+](C)[C@H](C)C(=O)Nc1cccc(Cl)c1. The lowest BCUT2D eigenvalue weighted by Crippen LogP contribution is -3.12. The Bertz CT molecular complexity index is 968. The zero-order chi connectivity index (χ0) is 20.3. The van der Waals surface area contributed by atoms with Crippen molar-refractivity contribution in [2.75, 3.05) is 12.4 Å². The predicted octanol–water partition coefficient (Wildman–Crippen LogP) is 3.18. The molecule has 3 rings (SSSR count). The molecule has 0 saturated carbocycles. The van der Waals surface area contributed by atoms with Gasteiger partial charge in [-0.15, -0.1) is 0 Å². The topological polar surface area (TPSA) is 51.4 Å². The number of quaternary nitrogens is 1. The molecule has 0 spiro atoms. The second kappa shape index (κ2) is 8.59. The molecule has 0 radical (unpaired) electrons. The number of carbonyl (C=O) groups excluding carboxylic acids is 1. The number of rotatable bonds is 6. The molecule has 28 heavy (non-hydrogen) atoms. The molecule has 2 N–H and O–H groups in total. The van der Waals surface area contributed by atoms with E-state index < -0.39 is 0 Å². The fraction of sp³-hybridized carbons (Fsp3) is 0.273. The molecule has 2 aromatic carbocycles. The van der Waals surface area contributed by atoms with Crippen LogP contribution in [-0.2, 0) is 11.3 Å². The van der Waals surface area contributed by atoms with Gasteiger partial charge >= 0.3 is 0 Å². The molecule has 0 aliphatic heterocycles. The van der Waals surface area contributed by atoms with Crippen LogP contribution >= 0.6 is 11.6 Å². The molecule has 0 aliphatic carbocycles. The Balaban J connectivity index is 1.72. The molecule has 5 nitrogen and oxygen atoms in total. The minimum atomic E-state index is -0.224. The van der Waals surface area contributed by atoms with Crippen LogP contribution in [-0.4, -0.2) is 28.8 Å². The minimum absolute atomic E-state index is 0.0366. The van der Waals surface area contributed by atoms with Crippen LogP contribution in [0.5, 0.6) is 0 Å². The summed E-state index contributed by atoms with van der Waals surface area (Å²) < 4.78 is 1.97. The standard InChI is InChI=1S/C22H25ClN4O/c1-15-21(16(2)27(25-15)20-11-6-5-7-12-20)14-26(4)17(3)22(28)24-19-10-8-9-18(23)13-19/h5-13,17H,14H2,1-4H3,(H,24,28)/p+1/t17-/m1/s1. The van der Waals surface area contributed by atoms with Gasteiger partial charge in [-0.25, -0.2) is 4.68 Å². The Morgan fingerprint density at radius 3 is 2.57 bits per heavy atom. The molecule has 0 fully saturated rings. The van der Waals surface area contributed by atoms with Crippen LogP contribution in [0.1, 0.15) is 23.9 Å². The van der Waals surface area contributed by atoms with Crippen molar-refractivity contribution in [1.82, 2.24) is 9.78 Å². The molecule has 1 heterocycles. The number of hydrogen-bond donors (Lipinski definition) is 2. The Morgan fingerprint density at radius 1 is 1.18 bits per heavy atom. The Labute approximate surface area is 170 Å². The van der Waals surface area contributed by atoms with E-state index in [1.54, 1.807) is 12.1 Å². The summed E-state index contributed by atoms with van der Waals surface area (Å²) in [5.41, 5.74) is 5.01. The van der Waals surface area contributed by atoms with Crippen molar-refractivity contribution in [2.24, 2.45) is 0 Å². The molecule has 0 bridgehead atoms. The van der Waals surface area contributed by atoms with Gasteiger partial charge in [-0.2, -0.15) is 5.10 Å². The number of likely N-dealkylation sites (N-methyl/N-ethyl adjacent to an activating group) is 1. The smallest absolute Gasteiger partial charge is 0.282 e. The van der Waals surface area contributed by atoms with Crippen molar-refractivity contribution in [3.63, 3.8) is 0 Å². The molecular formula is C22H26ClN4O+. The average molecular weight is 398 g/mol. The molecule has 1 unspecified atom stereocenters. The first-order chi connectivity index (χ1) is 13.4. The van der Waals surface area contributed by atoms with Crippen LogP contribution < -0.4 is 10.2 Å². The summed E-state index contributed by atoms with van der Waals surface area (Å²) in [6.45, 7) is 6.74. The molecule has 0 saturated heterocycles. The first kappa shape index (κ1) is 20.1. The third-order valence-electron chi connectivity index (χ3n) is 5.12. The van der Waals surface area contributed by atoms with E-state index in [9.17, 15) is 4.79 Å². The maximum atomic E-state index is 12.7. The van der Waals surface area contributed by atoms with Gasteiger partial charge in [-0.1, -0.05) is 35.9 Å². The van der Waals surface area contributed by atoms with E-state index >= 15 is 0 Å². The molecule has 146 valence electrons. The molecule has 2 atom stereocenters. The number of benzene rings is 2. The number of para-hydroxylation sites is 1. The Kier molecular flexibility index (Phi) is 6.17. The largest absolute Gasteiger partial charge is 0.324 e. The summed E-state index contributed by atoms with van der Waals surface area (Å²) in [6, 6.07) is 17.1. The summed E-state index contributed by atoms with van der Waals surface area (Å²) in [7, 11) is 2.03. The highest BCUT2D eigenvalue weighted by Gasteiger charge is 2.25. The van der Waals surface area contributed by atoms with Crippen LogP contribution in [0.4, 0.5) is 5.69 Å². The quantitative estimate of drug-likeness (QED) is 0.671. The van der Waals surface area contributed by atoms with Gasteiger partial charge in [0, 0.05) is 10.7 Å². The number of halogens is 1. The van der Waals surface area contributed by atoms with Crippen LogP contribution in [0.25, 0.3) is 5.69 Å². The first-order valence-corrected chi connectivity index (χ1v) is 9.74. The Morgan fingerprint density at radius 2 is 1.89 bits per heavy atom. The summed E-state index contributed by atoms with van der Waals surface area (Å²) >= 11 is 6.00. The van der Waals surface area contributed by atoms with E-state index in [2.05, 4.69) is 12.2 Å². The summed E-state index contributed by atoms with van der Waals surface area (Å²) in [5, 5.41) is 8.25. The number of anilines is 1. The number of carbonyl (C=O) groups is 1. The monoisotopic (exact) mass is 397 g/mol. The zero-order valence-electron chi connectivity index (χ0n) is 16.7. The van der Waals surface area contributed by atoms with Gasteiger partial charge < -0.3 is 10.2 Å². The summed E-state index contributed by atoms with van der Waals surface area (Å²) in [5.74, 6) is -0.0366. The Hall–Kier alpha value is -2.63. The van der Waals surface area contributed by atoms with Crippen LogP contribution in [0, 0.1) is 13.8 Å². The highest BCUT2D eigenvalue weighted by atomic mass is 35.5. The molecule has 1 amide bonds. The normalized spacial score (nSPS) is 13.2. The van der Waals surface area contributed by atoms with Gasteiger partial charge in [-0.3, -0.25) is 4.79 Å². The van der Waals surface area contributed by atoms with Crippen molar-refractivity contribution in [2.45, 2.75) is 33.4 Å². The third-order valence-corrected chi connectivity index (χ3v) is 5.36. The van der Waals surface area contributed by atoms with Crippen LogP contribution in [0.2, 0.25) is 5.02 Å². The van der Waals surface area contributed by atoms with Crippen molar-refractivity contribution >= 4 is 23.2 Å². The summed E-state index contributed by atoms with van der Waals surface area (Å²) in [4.78, 5) is 13.8. The van der Waals surface area contributed by atoms with E-state index in [1.807, 2.05) is 68.0 Å². The first-order valence-electron chi connectivity index (χ1n) is 9.36. The highest BCUT2D eigenvalue weighted by molar-refractivity contribution is 6.30. The fourth-order valence-corrected chi connectivity index (χ4v) is 3.41. The van der Waals surface area contributed by atoms with Crippen LogP contribution in [0.3, 0.4) is 0 Å².